The number of fused-ring (bicyclic) bond motifs is 1. The van der Waals surface area contributed by atoms with Gasteiger partial charge in [0, 0.05) is 35.8 Å². The Balaban J connectivity index is 1.29. The molecule has 0 atom stereocenters. The molecule has 146 valence electrons. The van der Waals surface area contributed by atoms with E-state index >= 15 is 0 Å². The Labute approximate surface area is 168 Å². The highest BCUT2D eigenvalue weighted by Gasteiger charge is 2.28. The van der Waals surface area contributed by atoms with Gasteiger partial charge in [0.1, 0.15) is 0 Å². The second kappa shape index (κ2) is 8.10. The Bertz CT molecular complexity index is 894. The first kappa shape index (κ1) is 18.6. The summed E-state index contributed by atoms with van der Waals surface area (Å²) in [4.78, 5) is 26.9. The van der Waals surface area contributed by atoms with Crippen molar-refractivity contribution in [1.82, 2.24) is 4.90 Å². The van der Waals surface area contributed by atoms with Crippen molar-refractivity contribution >= 4 is 29.1 Å². The number of amides is 2. The third-order valence-corrected chi connectivity index (χ3v) is 5.53. The highest BCUT2D eigenvalue weighted by atomic mass is 35.5. The Morgan fingerprint density at radius 1 is 1.07 bits per heavy atom. The number of piperidine rings is 1. The Morgan fingerprint density at radius 3 is 2.61 bits per heavy atom. The number of hydrogen-bond donors (Lipinski definition) is 1. The van der Waals surface area contributed by atoms with Crippen LogP contribution in [-0.4, -0.2) is 36.6 Å². The van der Waals surface area contributed by atoms with Crippen LogP contribution in [0.15, 0.2) is 42.5 Å². The lowest BCUT2D eigenvalue weighted by atomic mass is 9.95. The van der Waals surface area contributed by atoms with Crippen molar-refractivity contribution in [1.29, 1.82) is 0 Å². The van der Waals surface area contributed by atoms with Gasteiger partial charge in [-0.25, -0.2) is 0 Å². The van der Waals surface area contributed by atoms with E-state index in [1.165, 1.54) is 0 Å². The minimum absolute atomic E-state index is 0.0305. The van der Waals surface area contributed by atoms with Crippen LogP contribution in [0, 0.1) is 5.92 Å². The SMILES string of the molecule is O=C(Nc1ccc2c(c1)OCO2)C1CCN(C(=O)Cc2ccccc2Cl)CC1. The number of nitrogens with one attached hydrogen (secondary N) is 1. The molecule has 0 aromatic heterocycles. The van der Waals surface area contributed by atoms with E-state index in [2.05, 4.69) is 5.32 Å². The summed E-state index contributed by atoms with van der Waals surface area (Å²) < 4.78 is 10.6. The summed E-state index contributed by atoms with van der Waals surface area (Å²) in [6.45, 7) is 1.35. The van der Waals surface area contributed by atoms with Gasteiger partial charge in [-0.15, -0.1) is 0 Å². The van der Waals surface area contributed by atoms with Gasteiger partial charge in [0.15, 0.2) is 11.5 Å². The summed E-state index contributed by atoms with van der Waals surface area (Å²) in [6, 6.07) is 12.7. The fourth-order valence-electron chi connectivity index (χ4n) is 3.53. The molecule has 1 N–H and O–H groups in total. The van der Waals surface area contributed by atoms with Gasteiger partial charge in [-0.05, 0) is 36.6 Å². The van der Waals surface area contributed by atoms with E-state index < -0.39 is 0 Å². The van der Waals surface area contributed by atoms with Gasteiger partial charge in [-0.3, -0.25) is 9.59 Å². The maximum Gasteiger partial charge on any atom is 0.231 e. The molecule has 2 aromatic rings. The molecule has 6 nitrogen and oxygen atoms in total. The fourth-order valence-corrected chi connectivity index (χ4v) is 3.73. The second-order valence-electron chi connectivity index (χ2n) is 6.98. The summed E-state index contributed by atoms with van der Waals surface area (Å²) >= 11 is 6.14. The highest BCUT2D eigenvalue weighted by Crippen LogP contribution is 2.34. The van der Waals surface area contributed by atoms with E-state index in [9.17, 15) is 9.59 Å². The van der Waals surface area contributed by atoms with Crippen LogP contribution in [0.4, 0.5) is 5.69 Å². The molecule has 7 heteroatoms. The number of ether oxygens (including phenoxy) is 2. The standard InChI is InChI=1S/C21H21ClN2O4/c22-17-4-2-1-3-15(17)11-20(25)24-9-7-14(8-10-24)21(26)23-16-5-6-18-19(12-16)28-13-27-18/h1-6,12,14H,7-11,13H2,(H,23,26). The summed E-state index contributed by atoms with van der Waals surface area (Å²) in [5.74, 6) is 1.22. The van der Waals surface area contributed by atoms with Crippen LogP contribution >= 0.6 is 11.6 Å². The van der Waals surface area contributed by atoms with Gasteiger partial charge in [0.25, 0.3) is 0 Å². The van der Waals surface area contributed by atoms with Crippen molar-refractivity contribution in [3.63, 3.8) is 0 Å². The van der Waals surface area contributed by atoms with Crippen molar-refractivity contribution in [3.8, 4) is 11.5 Å². The molecule has 0 unspecified atom stereocenters. The number of benzene rings is 2. The van der Waals surface area contributed by atoms with Crippen LogP contribution in [-0.2, 0) is 16.0 Å². The average Bonchev–Trinajstić information content (AvgIpc) is 3.17. The van der Waals surface area contributed by atoms with Crippen molar-refractivity contribution in [2.24, 2.45) is 5.92 Å². The third kappa shape index (κ3) is 4.07. The normalized spacial score (nSPS) is 16.1. The number of nitrogens with zero attached hydrogens (tertiary/aromatic N) is 1. The van der Waals surface area contributed by atoms with Crippen molar-refractivity contribution in [3.05, 3.63) is 53.1 Å². The summed E-state index contributed by atoms with van der Waals surface area (Å²) in [5.41, 5.74) is 1.52. The number of rotatable bonds is 4. The molecule has 0 aliphatic carbocycles. The van der Waals surface area contributed by atoms with Crippen LogP contribution in [0.2, 0.25) is 5.02 Å². The number of anilines is 1. The quantitative estimate of drug-likeness (QED) is 0.853. The molecule has 2 amide bonds. The van der Waals surface area contributed by atoms with Crippen molar-refractivity contribution < 1.29 is 19.1 Å². The zero-order valence-electron chi connectivity index (χ0n) is 15.3. The van der Waals surface area contributed by atoms with E-state index in [0.29, 0.717) is 48.1 Å². The van der Waals surface area contributed by atoms with Crippen LogP contribution in [0.1, 0.15) is 18.4 Å². The third-order valence-electron chi connectivity index (χ3n) is 5.16. The molecule has 2 aromatic carbocycles. The smallest absolute Gasteiger partial charge is 0.231 e. The van der Waals surface area contributed by atoms with Crippen LogP contribution in [0.5, 0.6) is 11.5 Å². The lowest BCUT2D eigenvalue weighted by Gasteiger charge is -2.31. The first-order valence-corrected chi connectivity index (χ1v) is 9.69. The van der Waals surface area contributed by atoms with Crippen LogP contribution in [0.3, 0.4) is 0 Å². The molecule has 0 spiro atoms. The highest BCUT2D eigenvalue weighted by molar-refractivity contribution is 6.31. The number of hydrogen-bond acceptors (Lipinski definition) is 4. The topological polar surface area (TPSA) is 67.9 Å². The largest absolute Gasteiger partial charge is 0.454 e. The molecule has 0 radical (unpaired) electrons. The van der Waals surface area contributed by atoms with Gasteiger partial charge < -0.3 is 19.7 Å². The fraction of sp³-hybridized carbons (Fsp3) is 0.333. The predicted octanol–water partition coefficient (Wildman–Crippen LogP) is 3.49. The van der Waals surface area contributed by atoms with Crippen molar-refractivity contribution in [2.75, 3.05) is 25.2 Å². The van der Waals surface area contributed by atoms with E-state index in [4.69, 9.17) is 21.1 Å². The van der Waals surface area contributed by atoms with Gasteiger partial charge in [0.2, 0.25) is 18.6 Å². The van der Waals surface area contributed by atoms with Crippen LogP contribution < -0.4 is 14.8 Å². The number of carbonyl (C=O) groups excluding carboxylic acids is 2. The number of carbonyl (C=O) groups is 2. The van der Waals surface area contributed by atoms with E-state index in [0.717, 1.165) is 5.56 Å². The molecule has 0 saturated carbocycles. The molecule has 2 aliphatic heterocycles. The Kier molecular flexibility index (Phi) is 5.39. The average molecular weight is 401 g/mol. The van der Waals surface area contributed by atoms with Crippen LogP contribution in [0.25, 0.3) is 0 Å². The van der Waals surface area contributed by atoms with E-state index in [1.54, 1.807) is 24.3 Å². The van der Waals surface area contributed by atoms with E-state index in [1.807, 2.05) is 23.1 Å². The first-order chi connectivity index (χ1) is 13.6. The maximum absolute atomic E-state index is 12.6. The monoisotopic (exact) mass is 400 g/mol. The molecule has 28 heavy (non-hydrogen) atoms. The van der Waals surface area contributed by atoms with Gasteiger partial charge in [0.05, 0.1) is 6.42 Å². The maximum atomic E-state index is 12.6. The lowest BCUT2D eigenvalue weighted by Crippen LogP contribution is -2.42. The predicted molar refractivity (Wildman–Crippen MR) is 106 cm³/mol. The molecule has 4 rings (SSSR count). The second-order valence-corrected chi connectivity index (χ2v) is 7.39. The molecule has 2 aliphatic rings. The van der Waals surface area contributed by atoms with Crippen molar-refractivity contribution in [2.45, 2.75) is 19.3 Å². The summed E-state index contributed by atoms with van der Waals surface area (Å²) in [7, 11) is 0. The van der Waals surface area contributed by atoms with Gasteiger partial charge in [-0.1, -0.05) is 29.8 Å². The number of halogens is 1. The summed E-state index contributed by atoms with van der Waals surface area (Å²) in [6.07, 6.45) is 1.57. The van der Waals surface area contributed by atoms with E-state index in [-0.39, 0.29) is 30.9 Å². The zero-order valence-corrected chi connectivity index (χ0v) is 16.1. The van der Waals surface area contributed by atoms with Gasteiger partial charge >= 0.3 is 0 Å². The molecule has 1 fully saturated rings. The zero-order chi connectivity index (χ0) is 19.5. The lowest BCUT2D eigenvalue weighted by molar-refractivity contribution is -0.133. The molecule has 0 bridgehead atoms. The molecular weight excluding hydrogens is 380 g/mol. The minimum atomic E-state index is -0.116. The molecule has 1 saturated heterocycles. The Morgan fingerprint density at radius 2 is 1.82 bits per heavy atom. The minimum Gasteiger partial charge on any atom is -0.454 e. The first-order valence-electron chi connectivity index (χ1n) is 9.32. The molecule has 2 heterocycles. The molecular formula is C21H21ClN2O4. The van der Waals surface area contributed by atoms with Gasteiger partial charge in [-0.2, -0.15) is 0 Å². The summed E-state index contributed by atoms with van der Waals surface area (Å²) in [5, 5.41) is 3.54. The Hall–Kier alpha value is -2.73. The number of likely N-dealkylation sites (tertiary alicyclic amines) is 1.